The van der Waals surface area contributed by atoms with E-state index >= 15 is 0 Å². The first kappa shape index (κ1) is 12.8. The molecule has 16 heavy (non-hydrogen) atoms. The third kappa shape index (κ3) is 3.14. The van der Waals surface area contributed by atoms with Crippen molar-refractivity contribution in [1.82, 2.24) is 0 Å². The maximum absolute atomic E-state index is 12.9. The molecule has 3 heteroatoms. The molecule has 0 saturated heterocycles. The number of aryl methyl sites for hydroxylation is 1. The molecule has 1 aromatic carbocycles. The molecule has 0 heterocycles. The van der Waals surface area contributed by atoms with E-state index < -0.39 is 5.60 Å². The molecule has 1 rings (SSSR count). The average molecular weight is 224 g/mol. The van der Waals surface area contributed by atoms with Gasteiger partial charge >= 0.3 is 0 Å². The van der Waals surface area contributed by atoms with Gasteiger partial charge in [-0.15, -0.1) is 0 Å². The third-order valence-electron chi connectivity index (χ3n) is 2.63. The first-order chi connectivity index (χ1) is 7.35. The van der Waals surface area contributed by atoms with Gasteiger partial charge in [-0.2, -0.15) is 0 Å². The molecule has 0 bridgehead atoms. The summed E-state index contributed by atoms with van der Waals surface area (Å²) < 4.78 is 18.1. The number of halogens is 1. The van der Waals surface area contributed by atoms with Gasteiger partial charge in [-0.05, 0) is 44.5 Å². The summed E-state index contributed by atoms with van der Waals surface area (Å²) in [5.41, 5.74) is 0.737. The fourth-order valence-electron chi connectivity index (χ4n) is 1.49. The van der Waals surface area contributed by atoms with Crippen molar-refractivity contribution in [1.29, 1.82) is 0 Å². The van der Waals surface area contributed by atoms with E-state index in [4.69, 9.17) is 4.74 Å². The van der Waals surface area contributed by atoms with E-state index in [2.05, 4.69) is 0 Å². The molecule has 0 amide bonds. The molecule has 0 radical (unpaired) electrons. The van der Waals surface area contributed by atoms with Crippen LogP contribution in [0, 0.1) is 12.7 Å². The highest BCUT2D eigenvalue weighted by molar-refractivity contribution is 5.97. The largest absolute Gasteiger partial charge is 0.378 e. The smallest absolute Gasteiger partial charge is 0.165 e. The number of benzene rings is 1. The van der Waals surface area contributed by atoms with E-state index in [1.807, 2.05) is 13.8 Å². The van der Waals surface area contributed by atoms with Crippen LogP contribution in [-0.4, -0.2) is 18.5 Å². The number of carbonyl (C=O) groups is 1. The van der Waals surface area contributed by atoms with Crippen LogP contribution in [0.5, 0.6) is 0 Å². The Morgan fingerprint density at radius 3 is 2.56 bits per heavy atom. The lowest BCUT2D eigenvalue weighted by molar-refractivity contribution is 0.0172. The van der Waals surface area contributed by atoms with Crippen LogP contribution in [0.1, 0.15) is 36.2 Å². The van der Waals surface area contributed by atoms with Gasteiger partial charge in [0.1, 0.15) is 5.82 Å². The van der Waals surface area contributed by atoms with Gasteiger partial charge in [0.25, 0.3) is 0 Å². The fourth-order valence-corrected chi connectivity index (χ4v) is 1.49. The zero-order valence-electron chi connectivity index (χ0n) is 10.1. The second-order valence-electron chi connectivity index (χ2n) is 4.52. The number of hydrogen-bond acceptors (Lipinski definition) is 2. The number of ether oxygens (including phenoxy) is 1. The lowest BCUT2D eigenvalue weighted by atomic mass is 9.95. The number of carbonyl (C=O) groups excluding carboxylic acids is 1. The summed E-state index contributed by atoms with van der Waals surface area (Å²) in [5, 5.41) is 0. The summed E-state index contributed by atoms with van der Waals surface area (Å²) >= 11 is 0. The third-order valence-corrected chi connectivity index (χ3v) is 2.63. The van der Waals surface area contributed by atoms with E-state index in [0.717, 1.165) is 0 Å². The molecule has 0 spiro atoms. The summed E-state index contributed by atoms with van der Waals surface area (Å²) in [6.45, 7) is 5.43. The summed E-state index contributed by atoms with van der Waals surface area (Å²) in [6, 6.07) is 4.20. The van der Waals surface area contributed by atoms with Gasteiger partial charge in [0, 0.05) is 19.1 Å². The number of Topliss-reactive ketones (excluding diaryl/α,β-unsaturated/α-hetero) is 1. The van der Waals surface area contributed by atoms with Crippen LogP contribution < -0.4 is 0 Å². The molecule has 0 N–H and O–H groups in total. The van der Waals surface area contributed by atoms with Gasteiger partial charge in [0.05, 0.1) is 5.60 Å². The van der Waals surface area contributed by atoms with Gasteiger partial charge < -0.3 is 4.74 Å². The van der Waals surface area contributed by atoms with Gasteiger partial charge in [0.2, 0.25) is 0 Å². The zero-order valence-corrected chi connectivity index (χ0v) is 10.1. The van der Waals surface area contributed by atoms with Crippen molar-refractivity contribution in [2.45, 2.75) is 32.8 Å². The molecule has 2 nitrogen and oxygen atoms in total. The molecule has 88 valence electrons. The van der Waals surface area contributed by atoms with E-state index in [0.29, 0.717) is 11.1 Å². The van der Waals surface area contributed by atoms with E-state index in [1.54, 1.807) is 14.0 Å². The lowest BCUT2D eigenvalue weighted by Crippen LogP contribution is -2.26. The lowest BCUT2D eigenvalue weighted by Gasteiger charge is -2.22. The van der Waals surface area contributed by atoms with E-state index in [1.165, 1.54) is 18.2 Å². The second kappa shape index (κ2) is 4.74. The van der Waals surface area contributed by atoms with Crippen LogP contribution in [0.4, 0.5) is 4.39 Å². The molecule has 0 fully saturated rings. The molecular weight excluding hydrogens is 207 g/mol. The molecular formula is C13H17FO2. The van der Waals surface area contributed by atoms with Crippen molar-refractivity contribution >= 4 is 5.78 Å². The van der Waals surface area contributed by atoms with Gasteiger partial charge in [-0.1, -0.05) is 0 Å². The summed E-state index contributed by atoms with van der Waals surface area (Å²) in [6.07, 6.45) is 0.288. The van der Waals surface area contributed by atoms with Gasteiger partial charge in [-0.25, -0.2) is 4.39 Å². The summed E-state index contributed by atoms with van der Waals surface area (Å²) in [5.74, 6) is -0.343. The van der Waals surface area contributed by atoms with Crippen molar-refractivity contribution in [3.05, 3.63) is 35.1 Å². The molecule has 0 aliphatic heterocycles. The Balaban J connectivity index is 2.89. The van der Waals surface area contributed by atoms with Crippen LogP contribution >= 0.6 is 0 Å². The van der Waals surface area contributed by atoms with Crippen molar-refractivity contribution < 1.29 is 13.9 Å². The Kier molecular flexibility index (Phi) is 3.81. The molecule has 0 saturated carbocycles. The number of ketones is 1. The average Bonchev–Trinajstić information content (AvgIpc) is 2.16. The normalized spacial score (nSPS) is 11.6. The standard InChI is InChI=1S/C13H17FO2/c1-9-7-10(14)5-6-11(9)12(15)8-13(2,3)16-4/h5-7H,8H2,1-4H3. The molecule has 0 unspecified atom stereocenters. The minimum atomic E-state index is -0.488. The summed E-state index contributed by atoms with van der Waals surface area (Å²) in [4.78, 5) is 11.9. The second-order valence-corrected chi connectivity index (χ2v) is 4.52. The van der Waals surface area contributed by atoms with Crippen molar-refractivity contribution in [2.24, 2.45) is 0 Å². The minimum Gasteiger partial charge on any atom is -0.378 e. The Morgan fingerprint density at radius 1 is 1.44 bits per heavy atom. The molecule has 0 atom stereocenters. The van der Waals surface area contributed by atoms with Gasteiger partial charge in [0.15, 0.2) is 5.78 Å². The molecule has 0 aromatic heterocycles. The number of hydrogen-bond donors (Lipinski definition) is 0. The topological polar surface area (TPSA) is 26.3 Å². The number of rotatable bonds is 4. The Hall–Kier alpha value is -1.22. The molecule has 1 aromatic rings. The van der Waals surface area contributed by atoms with E-state index in [9.17, 15) is 9.18 Å². The summed E-state index contributed by atoms with van der Waals surface area (Å²) in [7, 11) is 1.57. The van der Waals surface area contributed by atoms with Gasteiger partial charge in [-0.3, -0.25) is 4.79 Å². The van der Waals surface area contributed by atoms with Crippen LogP contribution in [-0.2, 0) is 4.74 Å². The fraction of sp³-hybridized carbons (Fsp3) is 0.462. The predicted octanol–water partition coefficient (Wildman–Crippen LogP) is 3.13. The van der Waals surface area contributed by atoms with Crippen molar-refractivity contribution in [3.8, 4) is 0 Å². The van der Waals surface area contributed by atoms with Crippen LogP contribution in [0.3, 0.4) is 0 Å². The Labute approximate surface area is 95.4 Å². The van der Waals surface area contributed by atoms with Crippen LogP contribution in [0.15, 0.2) is 18.2 Å². The Morgan fingerprint density at radius 2 is 2.06 bits per heavy atom. The molecule has 0 aliphatic carbocycles. The monoisotopic (exact) mass is 224 g/mol. The molecule has 0 aliphatic rings. The van der Waals surface area contributed by atoms with Crippen LogP contribution in [0.2, 0.25) is 0 Å². The van der Waals surface area contributed by atoms with E-state index in [-0.39, 0.29) is 18.0 Å². The van der Waals surface area contributed by atoms with Crippen molar-refractivity contribution in [2.75, 3.05) is 7.11 Å². The highest BCUT2D eigenvalue weighted by Crippen LogP contribution is 2.19. The highest BCUT2D eigenvalue weighted by Gasteiger charge is 2.22. The maximum Gasteiger partial charge on any atom is 0.165 e. The quantitative estimate of drug-likeness (QED) is 0.734. The van der Waals surface area contributed by atoms with Crippen molar-refractivity contribution in [3.63, 3.8) is 0 Å². The number of methoxy groups -OCH3 is 1. The first-order valence-electron chi connectivity index (χ1n) is 5.20. The Bertz CT molecular complexity index is 397. The van der Waals surface area contributed by atoms with Crippen LogP contribution in [0.25, 0.3) is 0 Å². The first-order valence-corrected chi connectivity index (χ1v) is 5.20. The minimum absolute atomic E-state index is 0.0237. The maximum atomic E-state index is 12.9. The SMILES string of the molecule is COC(C)(C)CC(=O)c1ccc(F)cc1C. The highest BCUT2D eigenvalue weighted by atomic mass is 19.1. The predicted molar refractivity (Wildman–Crippen MR) is 61.2 cm³/mol. The zero-order chi connectivity index (χ0) is 12.3.